The van der Waals surface area contributed by atoms with E-state index in [0.717, 1.165) is 5.56 Å². The number of hydrazone groups is 1. The number of nitrogens with one attached hydrogen (secondary N) is 3. The Morgan fingerprint density at radius 1 is 1.14 bits per heavy atom. The quantitative estimate of drug-likeness (QED) is 0.129. The number of rotatable bonds is 11. The lowest BCUT2D eigenvalue weighted by Crippen LogP contribution is -2.45. The summed E-state index contributed by atoms with van der Waals surface area (Å²) in [6.45, 7) is 4.80. The van der Waals surface area contributed by atoms with Gasteiger partial charge in [-0.15, -0.1) is 0 Å². The molecule has 2 aromatic carbocycles. The van der Waals surface area contributed by atoms with E-state index in [1.807, 2.05) is 0 Å². The molecule has 224 valence electrons. The Balaban J connectivity index is 1.39. The van der Waals surface area contributed by atoms with Gasteiger partial charge in [0, 0.05) is 11.8 Å². The third-order valence-corrected chi connectivity index (χ3v) is 6.27. The van der Waals surface area contributed by atoms with Gasteiger partial charge in [0.25, 0.3) is 11.6 Å². The van der Waals surface area contributed by atoms with Crippen LogP contribution in [0.3, 0.4) is 0 Å². The first-order valence-electron chi connectivity index (χ1n) is 13.0. The molecule has 14 heteroatoms. The Kier molecular flexibility index (Phi) is 9.40. The number of nitro groups is 1. The maximum absolute atomic E-state index is 12.6. The first kappa shape index (κ1) is 30.3. The van der Waals surface area contributed by atoms with E-state index in [-0.39, 0.29) is 40.9 Å². The van der Waals surface area contributed by atoms with E-state index < -0.39 is 35.5 Å². The van der Waals surface area contributed by atoms with Gasteiger partial charge in [-0.05, 0) is 62.2 Å². The summed E-state index contributed by atoms with van der Waals surface area (Å²) in [4.78, 5) is 48.0. The highest BCUT2D eigenvalue weighted by molar-refractivity contribution is 5.95. The predicted octanol–water partition coefficient (Wildman–Crippen LogP) is 3.89. The largest absolute Gasteiger partial charge is 0.493 e. The molecule has 14 nitrogen and oxygen atoms in total. The number of allylic oxidation sites excluding steroid dienone is 1. The van der Waals surface area contributed by atoms with Crippen LogP contribution in [-0.2, 0) is 14.3 Å². The van der Waals surface area contributed by atoms with Gasteiger partial charge in [-0.25, -0.2) is 15.0 Å². The highest BCUT2D eigenvalue weighted by atomic mass is 16.6. The summed E-state index contributed by atoms with van der Waals surface area (Å²) >= 11 is 0. The zero-order valence-electron chi connectivity index (χ0n) is 23.8. The Labute approximate surface area is 245 Å². The van der Waals surface area contributed by atoms with E-state index in [0.29, 0.717) is 16.8 Å². The molecule has 2 heterocycles. The highest BCUT2D eigenvalue weighted by Gasteiger charge is 2.32. The number of aryl methyl sites for hydroxylation is 1. The number of carbonyl (C=O) groups is 3. The average Bonchev–Trinajstić information content (AvgIpc) is 3.44. The first-order valence-corrected chi connectivity index (χ1v) is 13.0. The van der Waals surface area contributed by atoms with E-state index in [9.17, 15) is 24.5 Å². The normalized spacial score (nSPS) is 14.6. The molecule has 0 fully saturated rings. The van der Waals surface area contributed by atoms with E-state index >= 15 is 0 Å². The Morgan fingerprint density at radius 3 is 2.65 bits per heavy atom. The van der Waals surface area contributed by atoms with Crippen LogP contribution in [0.4, 0.5) is 10.5 Å². The molecule has 0 saturated heterocycles. The minimum absolute atomic E-state index is 0.0849. The molecule has 0 spiro atoms. The second kappa shape index (κ2) is 13.3. The third kappa shape index (κ3) is 7.16. The molecule has 1 atom stereocenters. The molecular formula is C29H29N5O9. The SMILES string of the molecule is CCOC(=O)C1=C(C)NC(=O)N[C@@H]1c1ccc(OCC(=O)N/N=C\c2ccc(-c3ccc(C)cc3[N+](=O)[O-])o2)c(OC)c1. The highest BCUT2D eigenvalue weighted by Crippen LogP contribution is 2.35. The molecule has 3 amide bonds. The minimum atomic E-state index is -0.798. The second-order valence-electron chi connectivity index (χ2n) is 9.26. The summed E-state index contributed by atoms with van der Waals surface area (Å²) < 4.78 is 21.8. The van der Waals surface area contributed by atoms with Gasteiger partial charge in [-0.3, -0.25) is 14.9 Å². The zero-order valence-corrected chi connectivity index (χ0v) is 23.8. The van der Waals surface area contributed by atoms with Crippen molar-refractivity contribution in [2.75, 3.05) is 20.3 Å². The van der Waals surface area contributed by atoms with Crippen LogP contribution in [0.2, 0.25) is 0 Å². The molecule has 1 aliphatic heterocycles. The number of hydrogen-bond acceptors (Lipinski definition) is 10. The average molecular weight is 592 g/mol. The van der Waals surface area contributed by atoms with Gasteiger partial charge in [0.2, 0.25) is 0 Å². The van der Waals surface area contributed by atoms with Crippen LogP contribution in [-0.4, -0.2) is 49.4 Å². The Hall–Kier alpha value is -5.66. The lowest BCUT2D eigenvalue weighted by Gasteiger charge is -2.28. The summed E-state index contributed by atoms with van der Waals surface area (Å²) in [6.07, 6.45) is 1.25. The van der Waals surface area contributed by atoms with Crippen molar-refractivity contribution in [2.45, 2.75) is 26.8 Å². The smallest absolute Gasteiger partial charge is 0.338 e. The molecule has 0 aliphatic carbocycles. The molecule has 4 rings (SSSR count). The molecule has 1 aliphatic rings. The summed E-state index contributed by atoms with van der Waals surface area (Å²) in [5.74, 6) is -0.120. The molecule has 0 saturated carbocycles. The van der Waals surface area contributed by atoms with Crippen LogP contribution in [0.1, 0.15) is 36.8 Å². The molecule has 0 bridgehead atoms. The monoisotopic (exact) mass is 591 g/mol. The number of benzene rings is 2. The number of urea groups is 1. The van der Waals surface area contributed by atoms with Gasteiger partial charge < -0.3 is 29.3 Å². The molecule has 3 aromatic rings. The molecule has 3 N–H and O–H groups in total. The lowest BCUT2D eigenvalue weighted by atomic mass is 9.95. The Bertz CT molecular complexity index is 1630. The number of amides is 3. The van der Waals surface area contributed by atoms with E-state index in [2.05, 4.69) is 21.2 Å². The number of nitro benzene ring substituents is 1. The summed E-state index contributed by atoms with van der Waals surface area (Å²) in [6, 6.07) is 11.4. The summed E-state index contributed by atoms with van der Waals surface area (Å²) in [5, 5.41) is 20.5. The molecule has 0 radical (unpaired) electrons. The standard InChI is InChI=1S/C29H29N5O9/c1-5-41-28(36)26-17(3)31-29(37)32-27(26)18-7-10-23(24(13-18)40-4)42-15-25(35)33-30-14-19-8-11-22(43-19)20-9-6-16(2)12-21(20)34(38)39/h6-14,27H,5,15H2,1-4H3,(H,33,35)(H2,31,32,37)/b30-14-/t27-/m1/s1. The first-order chi connectivity index (χ1) is 20.6. The van der Waals surface area contributed by atoms with Crippen LogP contribution < -0.4 is 25.5 Å². The van der Waals surface area contributed by atoms with Gasteiger partial charge in [0.05, 0.1) is 42.0 Å². The zero-order chi connectivity index (χ0) is 31.1. The van der Waals surface area contributed by atoms with Gasteiger partial charge in [-0.1, -0.05) is 12.1 Å². The number of esters is 1. The summed E-state index contributed by atoms with van der Waals surface area (Å²) in [5.41, 5.74) is 4.43. The minimum Gasteiger partial charge on any atom is -0.493 e. The maximum atomic E-state index is 12.6. The molecular weight excluding hydrogens is 562 g/mol. The van der Waals surface area contributed by atoms with Crippen molar-refractivity contribution in [3.05, 3.63) is 86.8 Å². The predicted molar refractivity (Wildman–Crippen MR) is 154 cm³/mol. The van der Waals surface area contributed by atoms with Gasteiger partial charge >= 0.3 is 12.0 Å². The lowest BCUT2D eigenvalue weighted by molar-refractivity contribution is -0.384. The van der Waals surface area contributed by atoms with Crippen molar-refractivity contribution in [3.63, 3.8) is 0 Å². The van der Waals surface area contributed by atoms with Crippen molar-refractivity contribution in [3.8, 4) is 22.8 Å². The van der Waals surface area contributed by atoms with Crippen LogP contribution in [0.5, 0.6) is 11.5 Å². The maximum Gasteiger partial charge on any atom is 0.338 e. The number of furan rings is 1. The second-order valence-corrected chi connectivity index (χ2v) is 9.26. The fraction of sp³-hybridized carbons (Fsp3) is 0.241. The van der Waals surface area contributed by atoms with Crippen molar-refractivity contribution >= 4 is 29.8 Å². The fourth-order valence-electron chi connectivity index (χ4n) is 4.32. The number of ether oxygens (including phenoxy) is 3. The number of hydrogen-bond donors (Lipinski definition) is 3. The van der Waals surface area contributed by atoms with Crippen molar-refractivity contribution in [1.82, 2.24) is 16.1 Å². The van der Waals surface area contributed by atoms with E-state index in [1.165, 1.54) is 19.4 Å². The Morgan fingerprint density at radius 2 is 1.93 bits per heavy atom. The van der Waals surface area contributed by atoms with Crippen LogP contribution in [0, 0.1) is 17.0 Å². The van der Waals surface area contributed by atoms with Crippen LogP contribution in [0.15, 0.2) is 69.3 Å². The van der Waals surface area contributed by atoms with Crippen molar-refractivity contribution in [2.24, 2.45) is 5.10 Å². The number of nitrogens with zero attached hydrogens (tertiary/aromatic N) is 2. The molecule has 0 unspecified atom stereocenters. The van der Waals surface area contributed by atoms with Crippen LogP contribution in [0.25, 0.3) is 11.3 Å². The van der Waals surface area contributed by atoms with Gasteiger partial charge in [0.15, 0.2) is 18.1 Å². The van der Waals surface area contributed by atoms with E-state index in [1.54, 1.807) is 63.2 Å². The van der Waals surface area contributed by atoms with Crippen LogP contribution >= 0.6 is 0 Å². The van der Waals surface area contributed by atoms with Crippen molar-refractivity contribution in [1.29, 1.82) is 0 Å². The third-order valence-electron chi connectivity index (χ3n) is 6.27. The number of methoxy groups -OCH3 is 1. The summed E-state index contributed by atoms with van der Waals surface area (Å²) in [7, 11) is 1.41. The van der Waals surface area contributed by atoms with Gasteiger partial charge in [-0.2, -0.15) is 5.10 Å². The van der Waals surface area contributed by atoms with E-state index in [4.69, 9.17) is 18.6 Å². The topological polar surface area (TPSA) is 184 Å². The number of carbonyl (C=O) groups excluding carboxylic acids is 3. The van der Waals surface area contributed by atoms with Crippen molar-refractivity contribution < 1.29 is 37.9 Å². The molecule has 43 heavy (non-hydrogen) atoms. The molecule has 1 aromatic heterocycles. The fourth-order valence-corrected chi connectivity index (χ4v) is 4.32. The van der Waals surface area contributed by atoms with Gasteiger partial charge in [0.1, 0.15) is 11.5 Å².